The Morgan fingerprint density at radius 1 is 1.14 bits per heavy atom. The van der Waals surface area contributed by atoms with E-state index < -0.39 is 5.97 Å². The van der Waals surface area contributed by atoms with Gasteiger partial charge in [-0.05, 0) is 23.4 Å². The number of fused-ring (bicyclic) bond motifs is 1. The Morgan fingerprint density at radius 3 is 2.57 bits per heavy atom. The second kappa shape index (κ2) is 5.05. The first-order valence-corrected chi connectivity index (χ1v) is 6.89. The van der Waals surface area contributed by atoms with Crippen LogP contribution in [0.2, 0.25) is 0 Å². The number of rotatable bonds is 3. The molecule has 0 bridgehead atoms. The molecule has 0 atom stereocenters. The maximum absolute atomic E-state index is 11.2. The summed E-state index contributed by atoms with van der Waals surface area (Å²) in [4.78, 5) is 11.2. The molecule has 1 heterocycles. The molecule has 0 amide bonds. The predicted octanol–water partition coefficient (Wildman–Crippen LogP) is 3.85. The average molecular weight is 280 g/mol. The van der Waals surface area contributed by atoms with Crippen molar-refractivity contribution in [3.8, 4) is 5.69 Å². The van der Waals surface area contributed by atoms with Crippen LogP contribution in [0.25, 0.3) is 16.5 Å². The lowest BCUT2D eigenvalue weighted by Crippen LogP contribution is -2.05. The Balaban J connectivity index is 2.29. The second-order valence-electron chi connectivity index (χ2n) is 5.32. The molecular weight excluding hydrogens is 264 g/mol. The molecule has 3 rings (SSSR count). The van der Waals surface area contributed by atoms with Crippen molar-refractivity contribution in [1.29, 1.82) is 0 Å². The summed E-state index contributed by atoms with van der Waals surface area (Å²) in [6.07, 6.45) is 0. The highest BCUT2D eigenvalue weighted by Gasteiger charge is 2.17. The van der Waals surface area contributed by atoms with Crippen molar-refractivity contribution in [1.82, 2.24) is 9.78 Å². The number of nitrogens with zero attached hydrogens (tertiary/aromatic N) is 2. The number of benzene rings is 2. The molecule has 0 fully saturated rings. The van der Waals surface area contributed by atoms with Gasteiger partial charge < -0.3 is 5.11 Å². The van der Waals surface area contributed by atoms with Crippen LogP contribution in [-0.4, -0.2) is 20.9 Å². The molecule has 1 aromatic heterocycles. The summed E-state index contributed by atoms with van der Waals surface area (Å²) in [5, 5.41) is 15.6. The van der Waals surface area contributed by atoms with Crippen molar-refractivity contribution in [2.75, 3.05) is 0 Å². The summed E-state index contributed by atoms with van der Waals surface area (Å²) >= 11 is 0. The summed E-state index contributed by atoms with van der Waals surface area (Å²) in [6.45, 7) is 4.06. The van der Waals surface area contributed by atoms with Crippen LogP contribution in [0.3, 0.4) is 0 Å². The van der Waals surface area contributed by atoms with Gasteiger partial charge in [0.15, 0.2) is 5.69 Å². The first-order valence-electron chi connectivity index (χ1n) is 6.89. The van der Waals surface area contributed by atoms with Crippen molar-refractivity contribution in [2.45, 2.75) is 19.8 Å². The SMILES string of the molecule is CC(C)c1cc(C(=O)O)nn1-c1cccc2ccccc12. The van der Waals surface area contributed by atoms with Gasteiger partial charge >= 0.3 is 5.97 Å². The highest BCUT2D eigenvalue weighted by atomic mass is 16.4. The second-order valence-corrected chi connectivity index (χ2v) is 5.32. The van der Waals surface area contributed by atoms with E-state index in [1.54, 1.807) is 10.7 Å². The van der Waals surface area contributed by atoms with Gasteiger partial charge in [-0.1, -0.05) is 50.2 Å². The summed E-state index contributed by atoms with van der Waals surface area (Å²) in [6, 6.07) is 15.6. The van der Waals surface area contributed by atoms with Gasteiger partial charge in [0, 0.05) is 11.1 Å². The van der Waals surface area contributed by atoms with Crippen molar-refractivity contribution in [3.05, 3.63) is 59.9 Å². The zero-order chi connectivity index (χ0) is 15.0. The summed E-state index contributed by atoms with van der Waals surface area (Å²) in [5.74, 6) is -0.819. The zero-order valence-electron chi connectivity index (χ0n) is 11.9. The number of carboxylic acids is 1. The van der Waals surface area contributed by atoms with Gasteiger partial charge in [-0.25, -0.2) is 9.48 Å². The predicted molar refractivity (Wildman–Crippen MR) is 82.1 cm³/mol. The molecule has 4 nitrogen and oxygen atoms in total. The van der Waals surface area contributed by atoms with Gasteiger partial charge in [0.05, 0.1) is 5.69 Å². The van der Waals surface area contributed by atoms with E-state index >= 15 is 0 Å². The molecule has 3 aromatic rings. The maximum atomic E-state index is 11.2. The van der Waals surface area contributed by atoms with Gasteiger partial charge in [-0.2, -0.15) is 5.10 Å². The molecule has 0 saturated carbocycles. The van der Waals surface area contributed by atoms with E-state index in [4.69, 9.17) is 0 Å². The Hall–Kier alpha value is -2.62. The molecule has 0 aliphatic carbocycles. The minimum absolute atomic E-state index is 0.0756. The average Bonchev–Trinajstić information content (AvgIpc) is 2.92. The number of aromatic carboxylic acids is 1. The number of hydrogen-bond donors (Lipinski definition) is 1. The van der Waals surface area contributed by atoms with Gasteiger partial charge in [-0.15, -0.1) is 0 Å². The third-order valence-corrected chi connectivity index (χ3v) is 3.54. The van der Waals surface area contributed by atoms with Crippen LogP contribution in [0, 0.1) is 0 Å². The Bertz CT molecular complexity index is 813. The van der Waals surface area contributed by atoms with Crippen LogP contribution >= 0.6 is 0 Å². The van der Waals surface area contributed by atoms with E-state index in [9.17, 15) is 9.90 Å². The topological polar surface area (TPSA) is 55.1 Å². The Kier molecular flexibility index (Phi) is 3.22. The molecule has 21 heavy (non-hydrogen) atoms. The smallest absolute Gasteiger partial charge is 0.356 e. The normalized spacial score (nSPS) is 11.2. The van der Waals surface area contributed by atoms with Crippen molar-refractivity contribution >= 4 is 16.7 Å². The molecule has 0 unspecified atom stereocenters. The van der Waals surface area contributed by atoms with Gasteiger partial charge in [0.1, 0.15) is 0 Å². The van der Waals surface area contributed by atoms with Crippen LogP contribution in [0.1, 0.15) is 35.9 Å². The summed E-state index contributed by atoms with van der Waals surface area (Å²) in [7, 11) is 0. The zero-order valence-corrected chi connectivity index (χ0v) is 11.9. The molecule has 0 aliphatic rings. The van der Waals surface area contributed by atoms with Crippen LogP contribution in [0.5, 0.6) is 0 Å². The minimum atomic E-state index is -1.00. The van der Waals surface area contributed by atoms with Gasteiger partial charge in [0.25, 0.3) is 0 Å². The van der Waals surface area contributed by atoms with E-state index in [-0.39, 0.29) is 11.6 Å². The van der Waals surface area contributed by atoms with Crippen LogP contribution in [-0.2, 0) is 0 Å². The number of carboxylic acid groups (broad SMARTS) is 1. The summed E-state index contributed by atoms with van der Waals surface area (Å²) < 4.78 is 1.75. The molecule has 0 saturated heterocycles. The van der Waals surface area contributed by atoms with Gasteiger partial charge in [-0.3, -0.25) is 0 Å². The van der Waals surface area contributed by atoms with E-state index in [0.29, 0.717) is 0 Å². The molecule has 1 N–H and O–H groups in total. The molecular formula is C17H16N2O2. The lowest BCUT2D eigenvalue weighted by Gasteiger charge is -2.12. The van der Waals surface area contributed by atoms with E-state index in [1.165, 1.54) is 0 Å². The highest BCUT2D eigenvalue weighted by molar-refractivity contribution is 5.90. The third-order valence-electron chi connectivity index (χ3n) is 3.54. The quantitative estimate of drug-likeness (QED) is 0.793. The molecule has 2 aromatic carbocycles. The standard InChI is InChI=1S/C17H16N2O2/c1-11(2)16-10-14(17(20)21)18-19(16)15-9-5-7-12-6-3-4-8-13(12)15/h3-11H,1-2H3,(H,20,21). The monoisotopic (exact) mass is 280 g/mol. The third kappa shape index (κ3) is 2.29. The van der Waals surface area contributed by atoms with E-state index in [2.05, 4.69) is 5.10 Å². The van der Waals surface area contributed by atoms with Crippen LogP contribution in [0.15, 0.2) is 48.5 Å². The minimum Gasteiger partial charge on any atom is -0.476 e. The lowest BCUT2D eigenvalue weighted by atomic mass is 10.1. The fraction of sp³-hybridized carbons (Fsp3) is 0.176. The molecule has 106 valence electrons. The largest absolute Gasteiger partial charge is 0.476 e. The Morgan fingerprint density at radius 2 is 1.86 bits per heavy atom. The van der Waals surface area contributed by atoms with Crippen LogP contribution < -0.4 is 0 Å². The first kappa shape index (κ1) is 13.4. The molecule has 4 heteroatoms. The number of carbonyl (C=O) groups is 1. The van der Waals surface area contributed by atoms with E-state index in [1.807, 2.05) is 56.3 Å². The van der Waals surface area contributed by atoms with E-state index in [0.717, 1.165) is 22.2 Å². The highest BCUT2D eigenvalue weighted by Crippen LogP contribution is 2.26. The molecule has 0 radical (unpaired) electrons. The maximum Gasteiger partial charge on any atom is 0.356 e. The molecule has 0 aliphatic heterocycles. The van der Waals surface area contributed by atoms with Crippen molar-refractivity contribution < 1.29 is 9.90 Å². The fourth-order valence-electron chi connectivity index (χ4n) is 2.50. The lowest BCUT2D eigenvalue weighted by molar-refractivity contribution is 0.0690. The summed E-state index contributed by atoms with van der Waals surface area (Å²) in [5.41, 5.74) is 1.87. The molecule has 0 spiro atoms. The Labute approximate surface area is 122 Å². The first-order chi connectivity index (χ1) is 10.1. The number of aromatic nitrogens is 2. The van der Waals surface area contributed by atoms with Crippen LogP contribution in [0.4, 0.5) is 0 Å². The van der Waals surface area contributed by atoms with Gasteiger partial charge in [0.2, 0.25) is 0 Å². The van der Waals surface area contributed by atoms with Crippen molar-refractivity contribution in [2.24, 2.45) is 0 Å². The number of hydrogen-bond acceptors (Lipinski definition) is 2. The fourth-order valence-corrected chi connectivity index (χ4v) is 2.50. The van der Waals surface area contributed by atoms with Crippen molar-refractivity contribution in [3.63, 3.8) is 0 Å².